The van der Waals surface area contributed by atoms with Crippen LogP contribution in [0.2, 0.25) is 0 Å². The summed E-state index contributed by atoms with van der Waals surface area (Å²) in [4.78, 5) is 0. The predicted octanol–water partition coefficient (Wildman–Crippen LogP) is 2.07. The van der Waals surface area contributed by atoms with Gasteiger partial charge in [0.05, 0.1) is 5.60 Å². The molecule has 0 saturated heterocycles. The summed E-state index contributed by atoms with van der Waals surface area (Å²) in [6, 6.07) is 0.707. The quantitative estimate of drug-likeness (QED) is 0.726. The molecule has 2 N–H and O–H groups in total. The molecule has 0 bridgehead atoms. The Labute approximate surface area is 87.1 Å². The molecule has 0 atom stereocenters. The van der Waals surface area contributed by atoms with Crippen LogP contribution in [0.15, 0.2) is 0 Å². The van der Waals surface area contributed by atoms with Crippen LogP contribution < -0.4 is 5.32 Å². The first kappa shape index (κ1) is 10.4. The van der Waals surface area contributed by atoms with Gasteiger partial charge in [0.2, 0.25) is 0 Å². The van der Waals surface area contributed by atoms with Crippen LogP contribution >= 0.6 is 0 Å². The minimum absolute atomic E-state index is 0.387. The summed E-state index contributed by atoms with van der Waals surface area (Å²) in [6.07, 6.45) is 8.37. The number of aliphatic hydroxyl groups is 1. The Morgan fingerprint density at radius 2 is 1.86 bits per heavy atom. The molecule has 0 unspecified atom stereocenters. The first-order valence-electron chi connectivity index (χ1n) is 6.14. The fourth-order valence-corrected chi connectivity index (χ4v) is 2.42. The van der Waals surface area contributed by atoms with Crippen molar-refractivity contribution in [2.24, 2.45) is 5.92 Å². The average Bonchev–Trinajstić information content (AvgIpc) is 2.08. The third-order valence-electron chi connectivity index (χ3n) is 4.03. The van der Waals surface area contributed by atoms with Crippen molar-refractivity contribution in [1.82, 2.24) is 5.32 Å². The summed E-state index contributed by atoms with van der Waals surface area (Å²) in [5.41, 5.74) is -0.387. The smallest absolute Gasteiger partial charge is 0.0771 e. The van der Waals surface area contributed by atoms with Gasteiger partial charge in [0.1, 0.15) is 0 Å². The molecule has 0 heterocycles. The zero-order valence-electron chi connectivity index (χ0n) is 9.26. The number of hydrogen-bond acceptors (Lipinski definition) is 2. The maximum atomic E-state index is 10.3. The Kier molecular flexibility index (Phi) is 3.13. The Morgan fingerprint density at radius 3 is 2.36 bits per heavy atom. The first-order chi connectivity index (χ1) is 6.68. The molecule has 2 nitrogen and oxygen atoms in total. The maximum Gasteiger partial charge on any atom is 0.0771 e. The molecular formula is C12H23NO. The van der Waals surface area contributed by atoms with Crippen molar-refractivity contribution in [3.8, 4) is 0 Å². The number of hydrogen-bond donors (Lipinski definition) is 2. The van der Waals surface area contributed by atoms with Gasteiger partial charge in [-0.1, -0.05) is 13.3 Å². The minimum atomic E-state index is -0.387. The lowest BCUT2D eigenvalue weighted by atomic mass is 9.79. The highest BCUT2D eigenvalue weighted by atomic mass is 16.3. The molecular weight excluding hydrogens is 174 g/mol. The van der Waals surface area contributed by atoms with E-state index in [0.717, 1.165) is 25.3 Å². The molecule has 0 radical (unpaired) electrons. The Bertz CT molecular complexity index is 181. The van der Waals surface area contributed by atoms with Crippen molar-refractivity contribution in [3.05, 3.63) is 0 Å². The van der Waals surface area contributed by atoms with E-state index < -0.39 is 0 Å². The molecule has 2 fully saturated rings. The second kappa shape index (κ2) is 4.19. The van der Waals surface area contributed by atoms with E-state index in [4.69, 9.17) is 0 Å². The van der Waals surface area contributed by atoms with Crippen LogP contribution in [-0.2, 0) is 0 Å². The van der Waals surface area contributed by atoms with Gasteiger partial charge in [0.25, 0.3) is 0 Å². The van der Waals surface area contributed by atoms with Gasteiger partial charge >= 0.3 is 0 Å². The zero-order chi connectivity index (χ0) is 10.0. The predicted molar refractivity (Wildman–Crippen MR) is 58.2 cm³/mol. The molecule has 82 valence electrons. The van der Waals surface area contributed by atoms with E-state index in [1.807, 2.05) is 0 Å². The van der Waals surface area contributed by atoms with Crippen molar-refractivity contribution >= 4 is 0 Å². The standard InChI is InChI=1S/C12H23NO/c1-10-5-7-12(14,8-6-10)9-13-11-3-2-4-11/h10-11,13-14H,2-9H2,1H3. The van der Waals surface area contributed by atoms with Crippen molar-refractivity contribution in [3.63, 3.8) is 0 Å². The molecule has 0 aromatic rings. The van der Waals surface area contributed by atoms with Gasteiger partial charge in [-0.05, 0) is 44.4 Å². The van der Waals surface area contributed by atoms with Crippen molar-refractivity contribution in [2.45, 2.75) is 63.5 Å². The third-order valence-corrected chi connectivity index (χ3v) is 4.03. The van der Waals surface area contributed by atoms with Crippen molar-refractivity contribution < 1.29 is 5.11 Å². The SMILES string of the molecule is CC1CCC(O)(CNC2CCC2)CC1. The monoisotopic (exact) mass is 197 g/mol. The van der Waals surface area contributed by atoms with Crippen LogP contribution in [0.25, 0.3) is 0 Å². The normalized spacial score (nSPS) is 39.4. The molecule has 2 aliphatic carbocycles. The highest BCUT2D eigenvalue weighted by Crippen LogP contribution is 2.31. The van der Waals surface area contributed by atoms with E-state index in [1.54, 1.807) is 0 Å². The lowest BCUT2D eigenvalue weighted by Gasteiger charge is -2.37. The molecule has 0 aliphatic heterocycles. The molecule has 2 saturated carbocycles. The van der Waals surface area contributed by atoms with E-state index in [-0.39, 0.29) is 5.60 Å². The van der Waals surface area contributed by atoms with Crippen LogP contribution in [-0.4, -0.2) is 23.3 Å². The van der Waals surface area contributed by atoms with Gasteiger partial charge < -0.3 is 10.4 Å². The van der Waals surface area contributed by atoms with E-state index in [0.29, 0.717) is 6.04 Å². The first-order valence-corrected chi connectivity index (χ1v) is 6.14. The lowest BCUT2D eigenvalue weighted by molar-refractivity contribution is -0.0101. The molecule has 2 heteroatoms. The van der Waals surface area contributed by atoms with Crippen LogP contribution in [0.4, 0.5) is 0 Å². The molecule has 0 aromatic carbocycles. The topological polar surface area (TPSA) is 32.3 Å². The van der Waals surface area contributed by atoms with Gasteiger partial charge in [0.15, 0.2) is 0 Å². The number of nitrogens with one attached hydrogen (secondary N) is 1. The number of rotatable bonds is 3. The third kappa shape index (κ3) is 2.48. The largest absolute Gasteiger partial charge is 0.389 e. The van der Waals surface area contributed by atoms with Crippen molar-refractivity contribution in [2.75, 3.05) is 6.54 Å². The zero-order valence-corrected chi connectivity index (χ0v) is 9.26. The second-order valence-corrected chi connectivity index (χ2v) is 5.42. The Balaban J connectivity index is 1.71. The molecule has 14 heavy (non-hydrogen) atoms. The summed E-state index contributed by atoms with van der Waals surface area (Å²) >= 11 is 0. The second-order valence-electron chi connectivity index (χ2n) is 5.42. The molecule has 0 aromatic heterocycles. The van der Waals surface area contributed by atoms with Gasteiger partial charge in [-0.15, -0.1) is 0 Å². The highest BCUT2D eigenvalue weighted by molar-refractivity contribution is 4.88. The van der Waals surface area contributed by atoms with Gasteiger partial charge in [-0.3, -0.25) is 0 Å². The van der Waals surface area contributed by atoms with E-state index in [1.165, 1.54) is 32.1 Å². The lowest BCUT2D eigenvalue weighted by Crippen LogP contribution is -2.48. The molecule has 0 amide bonds. The van der Waals surface area contributed by atoms with Gasteiger partial charge in [-0.2, -0.15) is 0 Å². The van der Waals surface area contributed by atoms with Gasteiger partial charge in [-0.25, -0.2) is 0 Å². The molecule has 2 rings (SSSR count). The highest BCUT2D eigenvalue weighted by Gasteiger charge is 2.32. The summed E-state index contributed by atoms with van der Waals surface area (Å²) in [5.74, 6) is 0.818. The Morgan fingerprint density at radius 1 is 1.21 bits per heavy atom. The minimum Gasteiger partial charge on any atom is -0.389 e. The van der Waals surface area contributed by atoms with Crippen LogP contribution in [0, 0.1) is 5.92 Å². The fourth-order valence-electron chi connectivity index (χ4n) is 2.42. The van der Waals surface area contributed by atoms with Crippen molar-refractivity contribution in [1.29, 1.82) is 0 Å². The van der Waals surface area contributed by atoms with Gasteiger partial charge in [0, 0.05) is 12.6 Å². The van der Waals surface area contributed by atoms with E-state index in [2.05, 4.69) is 12.2 Å². The summed E-state index contributed by atoms with van der Waals surface area (Å²) in [6.45, 7) is 3.11. The fraction of sp³-hybridized carbons (Fsp3) is 1.00. The summed E-state index contributed by atoms with van der Waals surface area (Å²) in [7, 11) is 0. The maximum absolute atomic E-state index is 10.3. The molecule has 0 spiro atoms. The average molecular weight is 197 g/mol. The van der Waals surface area contributed by atoms with E-state index >= 15 is 0 Å². The summed E-state index contributed by atoms with van der Waals surface area (Å²) in [5, 5.41) is 13.8. The Hall–Kier alpha value is -0.0800. The van der Waals surface area contributed by atoms with Crippen LogP contribution in [0.3, 0.4) is 0 Å². The van der Waals surface area contributed by atoms with E-state index in [9.17, 15) is 5.11 Å². The molecule has 2 aliphatic rings. The van der Waals surface area contributed by atoms with Crippen LogP contribution in [0.1, 0.15) is 51.9 Å². The van der Waals surface area contributed by atoms with Crippen LogP contribution in [0.5, 0.6) is 0 Å². The summed E-state index contributed by atoms with van der Waals surface area (Å²) < 4.78 is 0.